The van der Waals surface area contributed by atoms with Crippen LogP contribution >= 0.6 is 0 Å². The number of allylic oxidation sites excluding steroid dienone is 3. The van der Waals surface area contributed by atoms with Crippen molar-refractivity contribution in [3.05, 3.63) is 35.7 Å². The first-order chi connectivity index (χ1) is 14.4. The van der Waals surface area contributed by atoms with Gasteiger partial charge in [-0.05, 0) is 18.6 Å². The number of aliphatic imine (C=N–C) groups is 1. The Labute approximate surface area is 178 Å². The molecule has 7 nitrogen and oxygen atoms in total. The van der Waals surface area contributed by atoms with Gasteiger partial charge >= 0.3 is 0 Å². The van der Waals surface area contributed by atoms with Gasteiger partial charge in [0.25, 0.3) is 0 Å². The van der Waals surface area contributed by atoms with Crippen LogP contribution < -0.4 is 5.32 Å². The van der Waals surface area contributed by atoms with Gasteiger partial charge in [-0.15, -0.1) is 0 Å². The van der Waals surface area contributed by atoms with E-state index >= 15 is 0 Å². The van der Waals surface area contributed by atoms with Gasteiger partial charge in [0.15, 0.2) is 5.78 Å². The number of hydrogen-bond acceptors (Lipinski definition) is 6. The molecule has 1 saturated heterocycles. The first-order valence-electron chi connectivity index (χ1n) is 10.8. The van der Waals surface area contributed by atoms with E-state index in [4.69, 9.17) is 14.5 Å². The van der Waals surface area contributed by atoms with E-state index in [0.29, 0.717) is 18.7 Å². The van der Waals surface area contributed by atoms with Crippen LogP contribution in [0.4, 0.5) is 11.5 Å². The molecule has 1 fully saturated rings. The second-order valence-electron chi connectivity index (χ2n) is 9.07. The molecule has 3 heterocycles. The minimum absolute atomic E-state index is 0.0989. The molecule has 0 spiro atoms. The van der Waals surface area contributed by atoms with Crippen LogP contribution in [0.3, 0.4) is 0 Å². The fourth-order valence-electron chi connectivity index (χ4n) is 3.89. The third kappa shape index (κ3) is 4.68. The zero-order chi connectivity index (χ0) is 21.1. The molecular weight excluding hydrogens is 380 g/mol. The van der Waals surface area contributed by atoms with E-state index in [1.807, 2.05) is 26.8 Å². The summed E-state index contributed by atoms with van der Waals surface area (Å²) in [6.45, 7) is 11.7. The fourth-order valence-corrected chi connectivity index (χ4v) is 3.89. The standard InChI is InChI=1S/C23H32N4O3/c1-23(2,3)21(28)18-14-24-22-20(18)26-19(15-25-22)16-4-6-17(7-5-16)30-13-10-27-8-11-29-12-9-27/h4,6-7,14,16,24-25H,5,8-13,15H2,1-3H3. The highest BCUT2D eigenvalue weighted by atomic mass is 16.5. The van der Waals surface area contributed by atoms with Crippen molar-refractivity contribution in [2.24, 2.45) is 16.3 Å². The number of morpholine rings is 1. The fraction of sp³-hybridized carbons (Fsp3) is 0.565. The third-order valence-corrected chi connectivity index (χ3v) is 5.75. The molecule has 2 N–H and O–H groups in total. The van der Waals surface area contributed by atoms with Crippen molar-refractivity contribution in [1.82, 2.24) is 9.88 Å². The number of anilines is 1. The Kier molecular flexibility index (Phi) is 6.11. The maximum atomic E-state index is 12.8. The van der Waals surface area contributed by atoms with Crippen molar-refractivity contribution in [3.63, 3.8) is 0 Å². The first-order valence-corrected chi connectivity index (χ1v) is 10.8. The summed E-state index contributed by atoms with van der Waals surface area (Å²) in [5, 5.41) is 3.38. The molecule has 0 saturated carbocycles. The monoisotopic (exact) mass is 412 g/mol. The Hall–Kier alpha value is -2.38. The highest BCUT2D eigenvalue weighted by molar-refractivity contribution is 6.09. The van der Waals surface area contributed by atoms with E-state index in [2.05, 4.69) is 27.4 Å². The number of H-pyrrole nitrogens is 1. The lowest BCUT2D eigenvalue weighted by molar-refractivity contribution is 0.0280. The van der Waals surface area contributed by atoms with Crippen molar-refractivity contribution in [2.45, 2.75) is 27.2 Å². The third-order valence-electron chi connectivity index (χ3n) is 5.75. The molecule has 3 aliphatic rings. The lowest BCUT2D eigenvalue weighted by atomic mass is 9.87. The molecule has 0 bridgehead atoms. The Morgan fingerprint density at radius 2 is 2.13 bits per heavy atom. The van der Waals surface area contributed by atoms with E-state index in [1.165, 1.54) is 0 Å². The zero-order valence-electron chi connectivity index (χ0n) is 18.2. The van der Waals surface area contributed by atoms with Gasteiger partial charge in [-0.2, -0.15) is 0 Å². The van der Waals surface area contributed by atoms with E-state index < -0.39 is 5.41 Å². The summed E-state index contributed by atoms with van der Waals surface area (Å²) in [5.74, 6) is 2.06. The lowest BCUT2D eigenvalue weighted by Gasteiger charge is -2.27. The van der Waals surface area contributed by atoms with Crippen LogP contribution in [0.2, 0.25) is 0 Å². The normalized spacial score (nSPS) is 22.0. The summed E-state index contributed by atoms with van der Waals surface area (Å²) in [6.07, 6.45) is 8.97. The SMILES string of the molecule is CC(C)(C)C(=O)c1c[nH]c2c1N=C(C1C=CC(OCCN3CCOCC3)=CC1)CN2. The highest BCUT2D eigenvalue weighted by Gasteiger charge is 2.30. The van der Waals surface area contributed by atoms with Crippen LogP contribution in [-0.2, 0) is 9.47 Å². The van der Waals surface area contributed by atoms with Crippen molar-refractivity contribution in [1.29, 1.82) is 0 Å². The predicted octanol–water partition coefficient (Wildman–Crippen LogP) is 3.55. The summed E-state index contributed by atoms with van der Waals surface area (Å²) in [5.41, 5.74) is 2.00. The van der Waals surface area contributed by atoms with Crippen LogP contribution in [0.1, 0.15) is 37.6 Å². The average molecular weight is 413 g/mol. The lowest BCUT2D eigenvalue weighted by Crippen LogP contribution is -2.38. The van der Waals surface area contributed by atoms with Gasteiger partial charge in [-0.25, -0.2) is 0 Å². The number of rotatable bonds is 6. The molecule has 0 amide bonds. The van der Waals surface area contributed by atoms with Crippen LogP contribution in [0, 0.1) is 11.3 Å². The van der Waals surface area contributed by atoms with E-state index in [-0.39, 0.29) is 11.7 Å². The smallest absolute Gasteiger partial charge is 0.171 e. The topological polar surface area (TPSA) is 79.0 Å². The van der Waals surface area contributed by atoms with Crippen LogP contribution in [-0.4, -0.2) is 67.4 Å². The second kappa shape index (κ2) is 8.78. The number of ketones is 1. The molecule has 1 aliphatic carbocycles. The molecule has 1 atom stereocenters. The maximum absolute atomic E-state index is 12.8. The van der Waals surface area contributed by atoms with Crippen molar-refractivity contribution < 1.29 is 14.3 Å². The molecule has 4 rings (SSSR count). The molecule has 2 aliphatic heterocycles. The molecule has 30 heavy (non-hydrogen) atoms. The summed E-state index contributed by atoms with van der Waals surface area (Å²) in [4.78, 5) is 23.2. The zero-order valence-corrected chi connectivity index (χ0v) is 18.2. The predicted molar refractivity (Wildman–Crippen MR) is 119 cm³/mol. The van der Waals surface area contributed by atoms with Gasteiger partial charge in [0.2, 0.25) is 0 Å². The van der Waals surface area contributed by atoms with Gasteiger partial charge in [0, 0.05) is 42.9 Å². The summed E-state index contributed by atoms with van der Waals surface area (Å²) in [7, 11) is 0. The minimum atomic E-state index is -0.440. The highest BCUT2D eigenvalue weighted by Crippen LogP contribution is 2.36. The first kappa shape index (κ1) is 20.9. The average Bonchev–Trinajstić information content (AvgIpc) is 3.17. The van der Waals surface area contributed by atoms with Gasteiger partial charge < -0.3 is 19.8 Å². The molecule has 1 unspecified atom stereocenters. The molecule has 7 heteroatoms. The van der Waals surface area contributed by atoms with Crippen molar-refractivity contribution in [2.75, 3.05) is 51.3 Å². The molecule has 1 aromatic heterocycles. The van der Waals surface area contributed by atoms with Gasteiger partial charge in [-0.1, -0.05) is 26.8 Å². The number of carbonyl (C=O) groups excluding carboxylic acids is 1. The van der Waals surface area contributed by atoms with Crippen LogP contribution in [0.15, 0.2) is 35.2 Å². The quantitative estimate of drug-likeness (QED) is 0.699. The Morgan fingerprint density at radius 1 is 1.33 bits per heavy atom. The van der Waals surface area contributed by atoms with Gasteiger partial charge in [0.1, 0.15) is 23.9 Å². The molecule has 0 radical (unpaired) electrons. The molecule has 162 valence electrons. The molecule has 1 aromatic rings. The van der Waals surface area contributed by atoms with Crippen molar-refractivity contribution >= 4 is 23.0 Å². The maximum Gasteiger partial charge on any atom is 0.171 e. The number of fused-ring (bicyclic) bond motifs is 1. The number of nitrogens with zero attached hydrogens (tertiary/aromatic N) is 2. The van der Waals surface area contributed by atoms with Gasteiger partial charge in [-0.3, -0.25) is 14.7 Å². The number of hydrogen-bond donors (Lipinski definition) is 2. The van der Waals surface area contributed by atoms with Gasteiger partial charge in [0.05, 0.1) is 25.3 Å². The van der Waals surface area contributed by atoms with E-state index in [0.717, 1.165) is 62.2 Å². The van der Waals surface area contributed by atoms with Crippen molar-refractivity contribution in [3.8, 4) is 0 Å². The Morgan fingerprint density at radius 3 is 2.83 bits per heavy atom. The second-order valence-corrected chi connectivity index (χ2v) is 9.07. The Bertz CT molecular complexity index is 869. The molecular formula is C23H32N4O3. The van der Waals surface area contributed by atoms with Crippen LogP contribution in [0.25, 0.3) is 0 Å². The summed E-state index contributed by atoms with van der Waals surface area (Å²) >= 11 is 0. The number of nitrogens with one attached hydrogen (secondary N) is 2. The summed E-state index contributed by atoms with van der Waals surface area (Å²) < 4.78 is 11.3. The molecule has 0 aromatic carbocycles. The minimum Gasteiger partial charge on any atom is -0.493 e. The Balaban J connectivity index is 1.36. The number of aromatic nitrogens is 1. The largest absolute Gasteiger partial charge is 0.493 e. The number of ether oxygens (including phenoxy) is 2. The van der Waals surface area contributed by atoms with Crippen LogP contribution in [0.5, 0.6) is 0 Å². The van der Waals surface area contributed by atoms with E-state index in [9.17, 15) is 4.79 Å². The number of aromatic amines is 1. The summed E-state index contributed by atoms with van der Waals surface area (Å²) in [6, 6.07) is 0. The number of Topliss-reactive ketones (excluding diaryl/α,β-unsaturated/α-hetero) is 1. The number of carbonyl (C=O) groups is 1. The van der Waals surface area contributed by atoms with E-state index in [1.54, 1.807) is 6.20 Å².